The van der Waals surface area contributed by atoms with Gasteiger partial charge >= 0.3 is 0 Å². The molecule has 3 rings (SSSR count). The highest BCUT2D eigenvalue weighted by Crippen LogP contribution is 2.11. The number of rotatable bonds is 4. The molecule has 0 aliphatic carbocycles. The van der Waals surface area contributed by atoms with E-state index in [1.165, 1.54) is 23.0 Å². The van der Waals surface area contributed by atoms with Gasteiger partial charge in [-0.25, -0.2) is 19.0 Å². The van der Waals surface area contributed by atoms with Gasteiger partial charge in [0.1, 0.15) is 17.5 Å². The van der Waals surface area contributed by atoms with Crippen LogP contribution in [0.3, 0.4) is 0 Å². The molecule has 7 nitrogen and oxygen atoms in total. The molecule has 0 saturated heterocycles. The molecule has 0 bridgehead atoms. The van der Waals surface area contributed by atoms with Crippen molar-refractivity contribution in [1.82, 2.24) is 25.0 Å². The summed E-state index contributed by atoms with van der Waals surface area (Å²) in [5, 5.41) is 10.4. The first-order valence-electron chi connectivity index (χ1n) is 7.39. The van der Waals surface area contributed by atoms with Crippen molar-refractivity contribution >= 4 is 11.7 Å². The molecule has 1 N–H and O–H groups in total. The molecule has 8 heteroatoms. The molecule has 122 valence electrons. The quantitative estimate of drug-likeness (QED) is 0.795. The van der Waals surface area contributed by atoms with Crippen molar-refractivity contribution in [2.24, 2.45) is 0 Å². The van der Waals surface area contributed by atoms with Crippen LogP contribution in [0.2, 0.25) is 0 Å². The number of benzene rings is 1. The maximum Gasteiger partial charge on any atom is 0.279 e. The van der Waals surface area contributed by atoms with Crippen LogP contribution in [-0.4, -0.2) is 30.9 Å². The normalized spacial score (nSPS) is 10.6. The summed E-state index contributed by atoms with van der Waals surface area (Å²) in [6.45, 7) is 3.74. The molecule has 0 aliphatic heterocycles. The second kappa shape index (κ2) is 6.53. The highest BCUT2D eigenvalue weighted by molar-refractivity contribution is 6.02. The summed E-state index contributed by atoms with van der Waals surface area (Å²) >= 11 is 0. The zero-order valence-electron chi connectivity index (χ0n) is 13.2. The summed E-state index contributed by atoms with van der Waals surface area (Å²) in [7, 11) is 0. The van der Waals surface area contributed by atoms with E-state index in [0.717, 1.165) is 12.1 Å². The summed E-state index contributed by atoms with van der Waals surface area (Å²) in [6.07, 6.45) is 2.21. The molecule has 0 fully saturated rings. The number of nitrogens with zero attached hydrogens (tertiary/aromatic N) is 5. The van der Waals surface area contributed by atoms with Crippen molar-refractivity contribution < 1.29 is 9.18 Å². The Morgan fingerprint density at radius 2 is 2.00 bits per heavy atom. The second-order valence-corrected chi connectivity index (χ2v) is 5.12. The Kier molecular flexibility index (Phi) is 4.28. The Balaban J connectivity index is 1.79. The Hall–Kier alpha value is -3.16. The molecule has 0 radical (unpaired) electrons. The lowest BCUT2D eigenvalue weighted by molar-refractivity contribution is 0.102. The monoisotopic (exact) mass is 326 g/mol. The van der Waals surface area contributed by atoms with E-state index in [0.29, 0.717) is 17.3 Å². The van der Waals surface area contributed by atoms with Gasteiger partial charge < -0.3 is 5.32 Å². The lowest BCUT2D eigenvalue weighted by Gasteiger charge is -2.05. The van der Waals surface area contributed by atoms with E-state index in [4.69, 9.17) is 0 Å². The first-order chi connectivity index (χ1) is 11.5. The van der Waals surface area contributed by atoms with Crippen molar-refractivity contribution in [1.29, 1.82) is 0 Å². The molecule has 1 amide bonds. The third-order valence-corrected chi connectivity index (χ3v) is 3.31. The van der Waals surface area contributed by atoms with E-state index < -0.39 is 5.91 Å². The van der Waals surface area contributed by atoms with Crippen molar-refractivity contribution in [2.45, 2.75) is 20.3 Å². The van der Waals surface area contributed by atoms with Gasteiger partial charge in [-0.3, -0.25) is 4.79 Å². The first-order valence-corrected chi connectivity index (χ1v) is 7.39. The van der Waals surface area contributed by atoms with Crippen molar-refractivity contribution in [3.05, 3.63) is 59.6 Å². The highest BCUT2D eigenvalue weighted by atomic mass is 19.1. The molecule has 0 unspecified atom stereocenters. The summed E-state index contributed by atoms with van der Waals surface area (Å²) < 4.78 is 14.4. The molecule has 2 heterocycles. The first kappa shape index (κ1) is 15.7. The number of aryl methyl sites for hydroxylation is 2. The van der Waals surface area contributed by atoms with Crippen LogP contribution in [0.5, 0.6) is 0 Å². The van der Waals surface area contributed by atoms with Gasteiger partial charge in [-0.05, 0) is 37.6 Å². The van der Waals surface area contributed by atoms with E-state index in [-0.39, 0.29) is 11.5 Å². The smallest absolute Gasteiger partial charge is 0.279 e. The summed E-state index contributed by atoms with van der Waals surface area (Å²) in [6, 6.07) is 7.44. The fraction of sp³-hybridized carbons (Fsp3) is 0.188. The third kappa shape index (κ3) is 3.43. The number of aromatic nitrogens is 5. The minimum atomic E-state index is -0.427. The Morgan fingerprint density at radius 1 is 1.25 bits per heavy atom. The topological polar surface area (TPSA) is 85.6 Å². The molecular formula is C16H15FN6O. The van der Waals surface area contributed by atoms with E-state index >= 15 is 0 Å². The van der Waals surface area contributed by atoms with Crippen LogP contribution in [0.15, 0.2) is 36.5 Å². The number of hydrogen-bond donors (Lipinski definition) is 1. The molecule has 24 heavy (non-hydrogen) atoms. The average Bonchev–Trinajstić information content (AvgIpc) is 3.05. The third-order valence-electron chi connectivity index (χ3n) is 3.31. The van der Waals surface area contributed by atoms with Gasteiger partial charge in [0.2, 0.25) is 0 Å². The minimum Gasteiger partial charge on any atom is -0.305 e. The lowest BCUT2D eigenvalue weighted by Crippen LogP contribution is -2.14. The van der Waals surface area contributed by atoms with E-state index in [9.17, 15) is 9.18 Å². The standard InChI is InChI=1S/C16H15FN6O/c1-3-12-8-15(19-10(2)18-12)20-16(24)14-9-23(22-21-14)13-6-4-11(17)5-7-13/h4-9H,3H2,1-2H3,(H,18,19,20,24). The number of carbonyl (C=O) groups excluding carboxylic acids is 1. The number of amides is 1. The number of halogens is 1. The summed E-state index contributed by atoms with van der Waals surface area (Å²) in [4.78, 5) is 20.7. The van der Waals surface area contributed by atoms with E-state index in [1.54, 1.807) is 25.1 Å². The van der Waals surface area contributed by atoms with Crippen LogP contribution in [0, 0.1) is 12.7 Å². The van der Waals surface area contributed by atoms with Crippen molar-refractivity contribution in [3.8, 4) is 5.69 Å². The zero-order chi connectivity index (χ0) is 17.1. The molecule has 2 aromatic heterocycles. The van der Waals surface area contributed by atoms with E-state index in [2.05, 4.69) is 25.6 Å². The van der Waals surface area contributed by atoms with Gasteiger partial charge in [-0.1, -0.05) is 12.1 Å². The van der Waals surface area contributed by atoms with Crippen LogP contribution in [0.1, 0.15) is 28.9 Å². The summed E-state index contributed by atoms with van der Waals surface area (Å²) in [5.74, 6) is 0.228. The van der Waals surface area contributed by atoms with Gasteiger partial charge in [-0.2, -0.15) is 0 Å². The largest absolute Gasteiger partial charge is 0.305 e. The van der Waals surface area contributed by atoms with Gasteiger partial charge in [0, 0.05) is 11.8 Å². The predicted octanol–water partition coefficient (Wildman–Crippen LogP) is 2.32. The summed E-state index contributed by atoms with van der Waals surface area (Å²) in [5.41, 5.74) is 1.58. The number of carbonyl (C=O) groups is 1. The molecule has 0 saturated carbocycles. The Labute approximate surface area is 137 Å². The van der Waals surface area contributed by atoms with Gasteiger partial charge in [-0.15, -0.1) is 5.10 Å². The highest BCUT2D eigenvalue weighted by Gasteiger charge is 2.13. The molecule has 0 atom stereocenters. The molecule has 0 spiro atoms. The van der Waals surface area contributed by atoms with E-state index in [1.807, 2.05) is 6.92 Å². The number of nitrogens with one attached hydrogen (secondary N) is 1. The molecular weight excluding hydrogens is 311 g/mol. The van der Waals surface area contributed by atoms with Crippen LogP contribution in [0.4, 0.5) is 10.2 Å². The Morgan fingerprint density at radius 3 is 2.71 bits per heavy atom. The van der Waals surface area contributed by atoms with Crippen LogP contribution >= 0.6 is 0 Å². The second-order valence-electron chi connectivity index (χ2n) is 5.12. The van der Waals surface area contributed by atoms with Crippen molar-refractivity contribution in [2.75, 3.05) is 5.32 Å². The van der Waals surface area contributed by atoms with Crippen LogP contribution in [-0.2, 0) is 6.42 Å². The SMILES string of the molecule is CCc1cc(NC(=O)c2cn(-c3ccc(F)cc3)nn2)nc(C)n1. The molecule has 1 aromatic carbocycles. The van der Waals surface area contributed by atoms with Gasteiger partial charge in [0.15, 0.2) is 5.69 Å². The average molecular weight is 326 g/mol. The predicted molar refractivity (Wildman–Crippen MR) is 85.4 cm³/mol. The molecule has 0 aliphatic rings. The maximum absolute atomic E-state index is 13.0. The van der Waals surface area contributed by atoms with Gasteiger partial charge in [0.05, 0.1) is 11.9 Å². The van der Waals surface area contributed by atoms with Crippen molar-refractivity contribution in [3.63, 3.8) is 0 Å². The fourth-order valence-electron chi connectivity index (χ4n) is 2.14. The van der Waals surface area contributed by atoms with Gasteiger partial charge in [0.25, 0.3) is 5.91 Å². The Bertz CT molecular complexity index is 875. The zero-order valence-corrected chi connectivity index (χ0v) is 13.2. The van der Waals surface area contributed by atoms with Crippen LogP contribution in [0.25, 0.3) is 5.69 Å². The fourth-order valence-corrected chi connectivity index (χ4v) is 2.14. The lowest BCUT2D eigenvalue weighted by atomic mass is 10.3. The number of hydrogen-bond acceptors (Lipinski definition) is 5. The van der Waals surface area contributed by atoms with Crippen LogP contribution < -0.4 is 5.32 Å². The number of anilines is 1. The minimum absolute atomic E-state index is 0.133. The molecule has 3 aromatic rings. The maximum atomic E-state index is 13.0.